The number of aryl methyl sites for hydroxylation is 1. The normalized spacial score (nSPS) is 16.3. The highest BCUT2D eigenvalue weighted by Crippen LogP contribution is 2.14. The number of anilines is 1. The lowest BCUT2D eigenvalue weighted by Gasteiger charge is -2.27. The van der Waals surface area contributed by atoms with Gasteiger partial charge in [0.1, 0.15) is 0 Å². The van der Waals surface area contributed by atoms with Gasteiger partial charge >= 0.3 is 0 Å². The Kier molecular flexibility index (Phi) is 1.90. The lowest BCUT2D eigenvalue weighted by atomic mass is 10.3. The standard InChI is InChI=1S/C8H10N6O2/c1-14-5-6(11-13-12-7(5)15)10-8(14)9-4-2-16-3-4/h4H,2-3H2,1H3,(H2,9,10,11,12,15). The highest BCUT2D eigenvalue weighted by molar-refractivity contribution is 5.72. The quantitative estimate of drug-likeness (QED) is 0.666. The van der Waals surface area contributed by atoms with Gasteiger partial charge in [-0.2, -0.15) is 4.98 Å². The van der Waals surface area contributed by atoms with Crippen molar-refractivity contribution in [2.45, 2.75) is 6.04 Å². The van der Waals surface area contributed by atoms with Crippen molar-refractivity contribution in [2.24, 2.45) is 7.05 Å². The van der Waals surface area contributed by atoms with Gasteiger partial charge in [-0.1, -0.05) is 5.21 Å². The van der Waals surface area contributed by atoms with Gasteiger partial charge in [0, 0.05) is 7.05 Å². The maximum absolute atomic E-state index is 11.5. The Morgan fingerprint density at radius 1 is 1.56 bits per heavy atom. The fourth-order valence-corrected chi connectivity index (χ4v) is 1.61. The predicted octanol–water partition coefficient (Wildman–Crippen LogP) is -1.14. The average Bonchev–Trinajstić information content (AvgIpc) is 2.51. The summed E-state index contributed by atoms with van der Waals surface area (Å²) in [6.45, 7) is 1.32. The molecular formula is C8H10N6O2. The van der Waals surface area contributed by atoms with Crippen molar-refractivity contribution in [3.8, 4) is 0 Å². The van der Waals surface area contributed by atoms with Crippen LogP contribution in [0.4, 0.5) is 5.95 Å². The summed E-state index contributed by atoms with van der Waals surface area (Å²) >= 11 is 0. The SMILES string of the molecule is Cn1c(NC2COC2)nc2nn[nH]c(=O)c21. The van der Waals surface area contributed by atoms with Crippen LogP contribution in [0.5, 0.6) is 0 Å². The summed E-state index contributed by atoms with van der Waals surface area (Å²) in [7, 11) is 1.76. The minimum atomic E-state index is -0.294. The molecule has 2 N–H and O–H groups in total. The average molecular weight is 222 g/mol. The lowest BCUT2D eigenvalue weighted by molar-refractivity contribution is 0.0207. The first-order chi connectivity index (χ1) is 7.75. The first-order valence-corrected chi connectivity index (χ1v) is 4.88. The molecule has 3 heterocycles. The van der Waals surface area contributed by atoms with E-state index in [4.69, 9.17) is 4.74 Å². The summed E-state index contributed by atoms with van der Waals surface area (Å²) in [6.07, 6.45) is 0. The number of hydrogen-bond donors (Lipinski definition) is 2. The van der Waals surface area contributed by atoms with E-state index in [1.165, 1.54) is 0 Å². The molecule has 0 aromatic carbocycles. The monoisotopic (exact) mass is 222 g/mol. The zero-order valence-corrected chi connectivity index (χ0v) is 8.60. The molecule has 1 aliphatic rings. The molecule has 0 spiro atoms. The summed E-state index contributed by atoms with van der Waals surface area (Å²) in [4.78, 5) is 15.7. The summed E-state index contributed by atoms with van der Waals surface area (Å²) in [5.41, 5.74) is 0.463. The fourth-order valence-electron chi connectivity index (χ4n) is 1.61. The number of nitrogens with one attached hydrogen (secondary N) is 2. The third-order valence-electron chi connectivity index (χ3n) is 2.56. The van der Waals surface area contributed by atoms with E-state index in [0.717, 1.165) is 0 Å². The third kappa shape index (κ3) is 1.27. The maximum atomic E-state index is 11.5. The minimum Gasteiger partial charge on any atom is -0.377 e. The Morgan fingerprint density at radius 3 is 3.00 bits per heavy atom. The minimum absolute atomic E-state index is 0.252. The van der Waals surface area contributed by atoms with Gasteiger partial charge in [-0.3, -0.25) is 4.79 Å². The number of H-pyrrole nitrogens is 1. The Balaban J connectivity index is 2.08. The zero-order valence-electron chi connectivity index (χ0n) is 8.60. The summed E-state index contributed by atoms with van der Waals surface area (Å²) in [5.74, 6) is 0.606. The Labute approximate surface area is 89.6 Å². The molecule has 1 aliphatic heterocycles. The zero-order chi connectivity index (χ0) is 11.1. The van der Waals surface area contributed by atoms with Crippen molar-refractivity contribution in [1.29, 1.82) is 0 Å². The molecule has 0 amide bonds. The van der Waals surface area contributed by atoms with E-state index in [1.807, 2.05) is 0 Å². The molecule has 1 saturated heterocycles. The van der Waals surface area contributed by atoms with Crippen molar-refractivity contribution >= 4 is 17.1 Å². The third-order valence-corrected chi connectivity index (χ3v) is 2.56. The Hall–Kier alpha value is -1.96. The molecule has 2 aromatic heterocycles. The second-order valence-electron chi connectivity index (χ2n) is 3.69. The molecule has 0 atom stereocenters. The van der Waals surface area contributed by atoms with Gasteiger partial charge in [-0.15, -0.1) is 5.10 Å². The van der Waals surface area contributed by atoms with Gasteiger partial charge in [0.25, 0.3) is 5.56 Å². The van der Waals surface area contributed by atoms with E-state index in [1.54, 1.807) is 11.6 Å². The summed E-state index contributed by atoms with van der Waals surface area (Å²) in [6, 6.07) is 0.252. The van der Waals surface area contributed by atoms with Gasteiger partial charge in [0.05, 0.1) is 19.3 Å². The van der Waals surface area contributed by atoms with Crippen LogP contribution >= 0.6 is 0 Å². The number of hydrogen-bond acceptors (Lipinski definition) is 6. The van der Waals surface area contributed by atoms with Crippen molar-refractivity contribution in [2.75, 3.05) is 18.5 Å². The molecular weight excluding hydrogens is 212 g/mol. The molecule has 16 heavy (non-hydrogen) atoms. The van der Waals surface area contributed by atoms with Gasteiger partial charge in [-0.05, 0) is 0 Å². The molecule has 3 rings (SSSR count). The van der Waals surface area contributed by atoms with E-state index < -0.39 is 0 Å². The smallest absolute Gasteiger partial charge is 0.293 e. The van der Waals surface area contributed by atoms with Crippen LogP contribution in [0.15, 0.2) is 4.79 Å². The predicted molar refractivity (Wildman–Crippen MR) is 55.2 cm³/mol. The van der Waals surface area contributed by atoms with E-state index in [9.17, 15) is 4.79 Å². The fraction of sp³-hybridized carbons (Fsp3) is 0.500. The van der Waals surface area contributed by atoms with Crippen molar-refractivity contribution < 1.29 is 4.74 Å². The number of aromatic nitrogens is 5. The number of imidazole rings is 1. The van der Waals surface area contributed by atoms with Crippen LogP contribution in [-0.4, -0.2) is 44.2 Å². The van der Waals surface area contributed by atoms with Crippen molar-refractivity contribution in [3.63, 3.8) is 0 Å². The molecule has 84 valence electrons. The van der Waals surface area contributed by atoms with Crippen LogP contribution in [0.3, 0.4) is 0 Å². The highest BCUT2D eigenvalue weighted by atomic mass is 16.5. The number of aromatic amines is 1. The van der Waals surface area contributed by atoms with E-state index in [-0.39, 0.29) is 11.6 Å². The van der Waals surface area contributed by atoms with E-state index >= 15 is 0 Å². The maximum Gasteiger partial charge on any atom is 0.293 e. The molecule has 0 bridgehead atoms. The second kappa shape index (κ2) is 3.27. The van der Waals surface area contributed by atoms with Crippen LogP contribution in [-0.2, 0) is 11.8 Å². The van der Waals surface area contributed by atoms with Gasteiger partial charge in [0.2, 0.25) is 11.6 Å². The second-order valence-corrected chi connectivity index (χ2v) is 3.69. The molecule has 2 aromatic rings. The van der Waals surface area contributed by atoms with Gasteiger partial charge in [0.15, 0.2) is 5.52 Å². The molecule has 0 saturated carbocycles. The number of ether oxygens (including phenoxy) is 1. The lowest BCUT2D eigenvalue weighted by Crippen LogP contribution is -2.40. The van der Waals surface area contributed by atoms with Crippen molar-refractivity contribution in [1.82, 2.24) is 25.0 Å². The molecule has 0 aliphatic carbocycles. The summed E-state index contributed by atoms with van der Waals surface area (Å²) < 4.78 is 6.72. The largest absolute Gasteiger partial charge is 0.377 e. The Bertz CT molecular complexity index is 584. The van der Waals surface area contributed by atoms with Crippen LogP contribution in [0, 0.1) is 0 Å². The van der Waals surface area contributed by atoms with Gasteiger partial charge in [-0.25, -0.2) is 5.10 Å². The van der Waals surface area contributed by atoms with Crippen LogP contribution in [0.2, 0.25) is 0 Å². The topological polar surface area (TPSA) is 97.7 Å². The molecule has 1 fully saturated rings. The van der Waals surface area contributed by atoms with Gasteiger partial charge < -0.3 is 14.6 Å². The van der Waals surface area contributed by atoms with Crippen LogP contribution in [0.25, 0.3) is 11.2 Å². The molecule has 8 nitrogen and oxygen atoms in total. The number of fused-ring (bicyclic) bond motifs is 1. The first-order valence-electron chi connectivity index (χ1n) is 4.88. The first kappa shape index (κ1) is 9.28. The number of nitrogens with zero attached hydrogens (tertiary/aromatic N) is 4. The number of rotatable bonds is 2. The van der Waals surface area contributed by atoms with Crippen molar-refractivity contribution in [3.05, 3.63) is 10.4 Å². The molecule has 8 heteroatoms. The summed E-state index contributed by atoms with van der Waals surface area (Å²) in [5, 5.41) is 12.7. The van der Waals surface area contributed by atoms with Crippen LogP contribution < -0.4 is 10.9 Å². The molecule has 0 unspecified atom stereocenters. The van der Waals surface area contributed by atoms with Crippen LogP contribution in [0.1, 0.15) is 0 Å². The van der Waals surface area contributed by atoms with E-state index in [0.29, 0.717) is 30.3 Å². The highest BCUT2D eigenvalue weighted by Gasteiger charge is 2.21. The van der Waals surface area contributed by atoms with E-state index in [2.05, 4.69) is 25.7 Å². The Morgan fingerprint density at radius 2 is 2.38 bits per heavy atom. The molecule has 0 radical (unpaired) electrons.